The van der Waals surface area contributed by atoms with Crippen molar-refractivity contribution in [2.45, 2.75) is 52.0 Å². The van der Waals surface area contributed by atoms with Gasteiger partial charge in [0.15, 0.2) is 0 Å². The third-order valence-electron chi connectivity index (χ3n) is 5.01. The summed E-state index contributed by atoms with van der Waals surface area (Å²) in [4.78, 5) is 0. The van der Waals surface area contributed by atoms with E-state index >= 15 is 0 Å². The van der Waals surface area contributed by atoms with Crippen LogP contribution in [0.25, 0.3) is 0 Å². The van der Waals surface area contributed by atoms with E-state index in [1.165, 1.54) is 31.4 Å². The molecule has 118 valence electrons. The minimum absolute atomic E-state index is 0.0959. The lowest BCUT2D eigenvalue weighted by Gasteiger charge is -2.43. The summed E-state index contributed by atoms with van der Waals surface area (Å²) in [6.07, 6.45) is 5.14. The molecule has 1 N–H and O–H groups in total. The molecular weight excluding hydrogens is 336 g/mol. The molecule has 2 unspecified atom stereocenters. The van der Waals surface area contributed by atoms with Crippen molar-refractivity contribution in [1.29, 1.82) is 0 Å². The molecule has 1 aliphatic carbocycles. The van der Waals surface area contributed by atoms with Crippen molar-refractivity contribution in [3.63, 3.8) is 0 Å². The van der Waals surface area contributed by atoms with E-state index in [9.17, 15) is 8.78 Å². The van der Waals surface area contributed by atoms with Crippen molar-refractivity contribution in [2.24, 2.45) is 11.3 Å². The van der Waals surface area contributed by atoms with Crippen LogP contribution in [-0.4, -0.2) is 13.1 Å². The molecule has 1 aromatic carbocycles. The Morgan fingerprint density at radius 1 is 1.33 bits per heavy atom. The molecule has 1 saturated carbocycles. The van der Waals surface area contributed by atoms with Crippen LogP contribution in [0.4, 0.5) is 8.78 Å². The Bertz CT molecular complexity index is 502. The summed E-state index contributed by atoms with van der Waals surface area (Å²) < 4.78 is 28.5. The highest BCUT2D eigenvalue weighted by Crippen LogP contribution is 2.43. The minimum atomic E-state index is -0.469. The third-order valence-corrected chi connectivity index (χ3v) is 5.62. The lowest BCUT2D eigenvalue weighted by molar-refractivity contribution is 0.100. The Hall–Kier alpha value is -0.480. The van der Waals surface area contributed by atoms with E-state index in [4.69, 9.17) is 0 Å². The van der Waals surface area contributed by atoms with Gasteiger partial charge in [-0.2, -0.15) is 0 Å². The highest BCUT2D eigenvalue weighted by Gasteiger charge is 2.37. The summed E-state index contributed by atoms with van der Waals surface area (Å²) >= 11 is 3.15. The second kappa shape index (κ2) is 6.74. The highest BCUT2D eigenvalue weighted by atomic mass is 79.9. The summed E-state index contributed by atoms with van der Waals surface area (Å²) in [6, 6.07) is 2.85. The molecule has 0 amide bonds. The fourth-order valence-electron chi connectivity index (χ4n) is 3.69. The van der Waals surface area contributed by atoms with Crippen LogP contribution in [0.3, 0.4) is 0 Å². The Kier molecular flexibility index (Phi) is 5.42. The molecule has 1 aliphatic rings. The quantitative estimate of drug-likeness (QED) is 0.739. The summed E-state index contributed by atoms with van der Waals surface area (Å²) in [5.74, 6) is -0.484. The van der Waals surface area contributed by atoms with E-state index < -0.39 is 11.6 Å². The molecule has 0 aromatic heterocycles. The number of halogens is 3. The number of hydrogen-bond acceptors (Lipinski definition) is 1. The van der Waals surface area contributed by atoms with Crippen LogP contribution < -0.4 is 5.32 Å². The van der Waals surface area contributed by atoms with Crippen molar-refractivity contribution in [3.05, 3.63) is 33.8 Å². The first-order valence-corrected chi connectivity index (χ1v) is 8.45. The average molecular weight is 360 g/mol. The zero-order valence-corrected chi connectivity index (χ0v) is 14.6. The first-order valence-electron chi connectivity index (χ1n) is 7.66. The maximum atomic E-state index is 14.2. The van der Waals surface area contributed by atoms with Crippen molar-refractivity contribution >= 4 is 15.9 Å². The van der Waals surface area contributed by atoms with E-state index in [1.54, 1.807) is 0 Å². The SMILES string of the molecule is CNC(Cc1c(F)ccc(Br)c1F)C1CCCCC1(C)C. The zero-order chi connectivity index (χ0) is 15.6. The summed E-state index contributed by atoms with van der Waals surface area (Å²) in [6.45, 7) is 4.55. The molecule has 1 aromatic rings. The van der Waals surface area contributed by atoms with Gasteiger partial charge in [-0.15, -0.1) is 0 Å². The molecule has 2 atom stereocenters. The lowest BCUT2D eigenvalue weighted by Crippen LogP contribution is -2.45. The largest absolute Gasteiger partial charge is 0.316 e. The van der Waals surface area contributed by atoms with Gasteiger partial charge < -0.3 is 5.32 Å². The van der Waals surface area contributed by atoms with Crippen LogP contribution in [0, 0.1) is 23.0 Å². The van der Waals surface area contributed by atoms with Gasteiger partial charge in [0.25, 0.3) is 0 Å². The van der Waals surface area contributed by atoms with Gasteiger partial charge in [0.1, 0.15) is 11.6 Å². The van der Waals surface area contributed by atoms with Crippen LogP contribution in [0.1, 0.15) is 45.1 Å². The van der Waals surface area contributed by atoms with E-state index in [2.05, 4.69) is 35.1 Å². The molecule has 4 heteroatoms. The van der Waals surface area contributed by atoms with Gasteiger partial charge in [0.05, 0.1) is 4.47 Å². The van der Waals surface area contributed by atoms with Crippen molar-refractivity contribution in [2.75, 3.05) is 7.05 Å². The molecule has 0 aliphatic heterocycles. The highest BCUT2D eigenvalue weighted by molar-refractivity contribution is 9.10. The Morgan fingerprint density at radius 3 is 2.67 bits per heavy atom. The molecule has 1 nitrogen and oxygen atoms in total. The van der Waals surface area contributed by atoms with Gasteiger partial charge in [-0.25, -0.2) is 8.78 Å². The maximum absolute atomic E-state index is 14.2. The van der Waals surface area contributed by atoms with Crippen molar-refractivity contribution in [3.8, 4) is 0 Å². The van der Waals surface area contributed by atoms with Gasteiger partial charge in [-0.1, -0.05) is 26.7 Å². The minimum Gasteiger partial charge on any atom is -0.316 e. The van der Waals surface area contributed by atoms with Crippen molar-refractivity contribution < 1.29 is 8.78 Å². The molecule has 0 heterocycles. The summed E-state index contributed by atoms with van der Waals surface area (Å²) in [5, 5.41) is 3.30. The fourth-order valence-corrected chi connectivity index (χ4v) is 4.06. The second-order valence-corrected chi connectivity index (χ2v) is 7.62. The van der Waals surface area contributed by atoms with Crippen LogP contribution in [0.5, 0.6) is 0 Å². The number of benzene rings is 1. The van der Waals surface area contributed by atoms with Gasteiger partial charge in [-0.3, -0.25) is 0 Å². The topological polar surface area (TPSA) is 12.0 Å². The smallest absolute Gasteiger partial charge is 0.143 e. The van der Waals surface area contributed by atoms with E-state index in [1.807, 2.05) is 7.05 Å². The summed E-state index contributed by atoms with van der Waals surface area (Å²) in [5.41, 5.74) is 0.398. The van der Waals surface area contributed by atoms with E-state index in [0.717, 1.165) is 6.42 Å². The Labute approximate surface area is 134 Å². The fraction of sp³-hybridized carbons (Fsp3) is 0.647. The molecular formula is C17H24BrF2N. The monoisotopic (exact) mass is 359 g/mol. The predicted octanol–water partition coefficient (Wildman–Crippen LogP) is 5.07. The number of nitrogens with one attached hydrogen (secondary N) is 1. The van der Waals surface area contributed by atoms with Gasteiger partial charge in [0.2, 0.25) is 0 Å². The zero-order valence-electron chi connectivity index (χ0n) is 13.0. The Balaban J connectivity index is 2.25. The van der Waals surface area contributed by atoms with Gasteiger partial charge >= 0.3 is 0 Å². The molecule has 0 saturated heterocycles. The first-order chi connectivity index (χ1) is 9.86. The Morgan fingerprint density at radius 2 is 2.05 bits per heavy atom. The molecule has 2 rings (SSSR count). The van der Waals surface area contributed by atoms with Crippen LogP contribution in [-0.2, 0) is 6.42 Å². The van der Waals surface area contributed by atoms with Crippen LogP contribution in [0.15, 0.2) is 16.6 Å². The normalized spacial score (nSPS) is 23.0. The standard InChI is InChI=1S/C17H24BrF2N/c1-17(2)9-5-4-6-12(17)15(21-3)10-11-14(19)8-7-13(18)16(11)20/h7-8,12,15,21H,4-6,9-10H2,1-3H3. The first kappa shape index (κ1) is 16.9. The van der Waals surface area contributed by atoms with Gasteiger partial charge in [-0.05, 0) is 65.7 Å². The van der Waals surface area contributed by atoms with Crippen LogP contribution >= 0.6 is 15.9 Å². The maximum Gasteiger partial charge on any atom is 0.143 e. The summed E-state index contributed by atoms with van der Waals surface area (Å²) in [7, 11) is 1.89. The van der Waals surface area contributed by atoms with Crippen LogP contribution in [0.2, 0.25) is 0 Å². The molecule has 0 spiro atoms. The predicted molar refractivity (Wildman–Crippen MR) is 86.3 cm³/mol. The number of hydrogen-bond donors (Lipinski definition) is 1. The second-order valence-electron chi connectivity index (χ2n) is 6.76. The number of likely N-dealkylation sites (N-methyl/N-ethyl adjacent to an activating group) is 1. The lowest BCUT2D eigenvalue weighted by atomic mass is 9.65. The average Bonchev–Trinajstić information content (AvgIpc) is 2.44. The van der Waals surface area contributed by atoms with E-state index in [0.29, 0.717) is 16.8 Å². The third kappa shape index (κ3) is 3.65. The van der Waals surface area contributed by atoms with Crippen molar-refractivity contribution in [1.82, 2.24) is 5.32 Å². The van der Waals surface area contributed by atoms with Gasteiger partial charge in [0, 0.05) is 11.6 Å². The molecule has 1 fully saturated rings. The molecule has 0 radical (unpaired) electrons. The molecule has 0 bridgehead atoms. The molecule has 21 heavy (non-hydrogen) atoms. The van der Waals surface area contributed by atoms with E-state index in [-0.39, 0.29) is 17.0 Å². The number of rotatable bonds is 4.